The summed E-state index contributed by atoms with van der Waals surface area (Å²) in [5, 5.41) is 7.40. The van der Waals surface area contributed by atoms with E-state index in [-0.39, 0.29) is 11.6 Å². The molecule has 90 valence electrons. The molecule has 0 atom stereocenters. The summed E-state index contributed by atoms with van der Waals surface area (Å²) in [6.07, 6.45) is 0. The van der Waals surface area contributed by atoms with Gasteiger partial charge in [-0.05, 0) is 18.2 Å². The second kappa shape index (κ2) is 4.79. The van der Waals surface area contributed by atoms with Gasteiger partial charge in [-0.15, -0.1) is 10.2 Å². The molecule has 0 saturated heterocycles. The van der Waals surface area contributed by atoms with Gasteiger partial charge in [0.15, 0.2) is 0 Å². The number of hydrogen-bond acceptors (Lipinski definition) is 4. The van der Waals surface area contributed by atoms with Gasteiger partial charge < -0.3 is 9.15 Å². The van der Waals surface area contributed by atoms with Gasteiger partial charge in [0, 0.05) is 11.4 Å². The lowest BCUT2D eigenvalue weighted by Crippen LogP contribution is -2.03. The molecule has 4 nitrogen and oxygen atoms in total. The number of alkyl halides is 2. The highest BCUT2D eigenvalue weighted by Crippen LogP contribution is 2.32. The average molecular weight is 305 g/mol. The van der Waals surface area contributed by atoms with Crippen LogP contribution in [0.2, 0.25) is 0 Å². The van der Waals surface area contributed by atoms with Crippen LogP contribution < -0.4 is 4.74 Å². The molecule has 0 bridgehead atoms. The Hall–Kier alpha value is -1.50. The number of rotatable bonds is 3. The topological polar surface area (TPSA) is 48.2 Å². The summed E-state index contributed by atoms with van der Waals surface area (Å²) in [5.41, 5.74) is 0.320. The molecule has 0 spiro atoms. The van der Waals surface area contributed by atoms with Crippen LogP contribution in [0.1, 0.15) is 5.89 Å². The average Bonchev–Trinajstić information content (AvgIpc) is 2.67. The first-order chi connectivity index (χ1) is 8.06. The van der Waals surface area contributed by atoms with E-state index in [1.54, 1.807) is 19.1 Å². The van der Waals surface area contributed by atoms with Crippen molar-refractivity contribution in [3.63, 3.8) is 0 Å². The standard InChI is InChI=1S/C10H7BrF2N2O2/c1-5-14-15-9(16-5)7-4-6(11)2-3-8(7)17-10(12)13/h2-4,10H,1H3. The smallest absolute Gasteiger partial charge is 0.387 e. The largest absolute Gasteiger partial charge is 0.434 e. The van der Waals surface area contributed by atoms with Gasteiger partial charge >= 0.3 is 6.61 Å². The van der Waals surface area contributed by atoms with Crippen LogP contribution >= 0.6 is 15.9 Å². The molecule has 2 aromatic rings. The molecular weight excluding hydrogens is 298 g/mol. The lowest BCUT2D eigenvalue weighted by molar-refractivity contribution is -0.0495. The molecule has 0 N–H and O–H groups in total. The van der Waals surface area contributed by atoms with Crippen LogP contribution in [0, 0.1) is 6.92 Å². The molecule has 0 unspecified atom stereocenters. The summed E-state index contributed by atoms with van der Waals surface area (Å²) in [5.74, 6) is 0.481. The van der Waals surface area contributed by atoms with Crippen molar-refractivity contribution in [1.82, 2.24) is 10.2 Å². The monoisotopic (exact) mass is 304 g/mol. The van der Waals surface area contributed by atoms with Crippen LogP contribution in [0.5, 0.6) is 5.75 Å². The lowest BCUT2D eigenvalue weighted by atomic mass is 10.2. The van der Waals surface area contributed by atoms with E-state index in [1.807, 2.05) is 0 Å². The minimum atomic E-state index is -2.90. The fraction of sp³-hybridized carbons (Fsp3) is 0.200. The molecule has 0 radical (unpaired) electrons. The summed E-state index contributed by atoms with van der Waals surface area (Å²) in [6, 6.07) is 4.57. The molecule has 1 heterocycles. The van der Waals surface area contributed by atoms with Crippen molar-refractivity contribution in [3.05, 3.63) is 28.6 Å². The summed E-state index contributed by atoms with van der Waals surface area (Å²) >= 11 is 3.23. The number of halogens is 3. The predicted octanol–water partition coefficient (Wildman–Crippen LogP) is 3.41. The van der Waals surface area contributed by atoms with Crippen molar-refractivity contribution in [2.45, 2.75) is 13.5 Å². The minimum absolute atomic E-state index is 0.00755. The molecule has 2 rings (SSSR count). The van der Waals surface area contributed by atoms with Gasteiger partial charge in [-0.3, -0.25) is 0 Å². The predicted molar refractivity (Wildman–Crippen MR) is 58.8 cm³/mol. The Labute approximate surface area is 104 Å². The fourth-order valence-corrected chi connectivity index (χ4v) is 1.63. The van der Waals surface area contributed by atoms with Crippen molar-refractivity contribution in [2.75, 3.05) is 0 Å². The normalized spacial score (nSPS) is 10.9. The number of aryl methyl sites for hydroxylation is 1. The van der Waals surface area contributed by atoms with Gasteiger partial charge in [-0.2, -0.15) is 8.78 Å². The van der Waals surface area contributed by atoms with Gasteiger partial charge in [-0.25, -0.2) is 0 Å². The summed E-state index contributed by atoms with van der Waals surface area (Å²) < 4.78 is 34.7. The summed E-state index contributed by atoms with van der Waals surface area (Å²) in [4.78, 5) is 0. The number of nitrogens with zero attached hydrogens (tertiary/aromatic N) is 2. The van der Waals surface area contributed by atoms with Crippen molar-refractivity contribution < 1.29 is 17.9 Å². The SMILES string of the molecule is Cc1nnc(-c2cc(Br)ccc2OC(F)F)o1. The Morgan fingerprint density at radius 1 is 1.35 bits per heavy atom. The lowest BCUT2D eigenvalue weighted by Gasteiger charge is -2.08. The van der Waals surface area contributed by atoms with Crippen LogP contribution in [-0.2, 0) is 0 Å². The second-order valence-electron chi connectivity index (χ2n) is 3.15. The number of ether oxygens (including phenoxy) is 1. The zero-order valence-electron chi connectivity index (χ0n) is 8.65. The van der Waals surface area contributed by atoms with Crippen molar-refractivity contribution in [2.24, 2.45) is 0 Å². The van der Waals surface area contributed by atoms with Gasteiger partial charge in [0.05, 0.1) is 5.56 Å². The van der Waals surface area contributed by atoms with Crippen LogP contribution in [0.25, 0.3) is 11.5 Å². The van der Waals surface area contributed by atoms with Crippen molar-refractivity contribution >= 4 is 15.9 Å². The van der Waals surface area contributed by atoms with E-state index >= 15 is 0 Å². The van der Waals surface area contributed by atoms with Crippen molar-refractivity contribution in [1.29, 1.82) is 0 Å². The quantitative estimate of drug-likeness (QED) is 0.872. The van der Waals surface area contributed by atoms with Gasteiger partial charge in [0.25, 0.3) is 5.89 Å². The Morgan fingerprint density at radius 3 is 2.71 bits per heavy atom. The van der Waals surface area contributed by atoms with Gasteiger partial charge in [0.1, 0.15) is 5.75 Å². The Balaban J connectivity index is 2.46. The Bertz CT molecular complexity index is 531. The summed E-state index contributed by atoms with van der Waals surface area (Å²) in [7, 11) is 0. The zero-order valence-corrected chi connectivity index (χ0v) is 10.2. The van der Waals surface area contributed by atoms with E-state index in [9.17, 15) is 8.78 Å². The first-order valence-electron chi connectivity index (χ1n) is 4.61. The molecule has 0 amide bonds. The first-order valence-corrected chi connectivity index (χ1v) is 5.40. The maximum Gasteiger partial charge on any atom is 0.387 e. The van der Waals surface area contributed by atoms with E-state index in [0.717, 1.165) is 0 Å². The number of hydrogen-bond donors (Lipinski definition) is 0. The highest BCUT2D eigenvalue weighted by Gasteiger charge is 2.16. The molecule has 7 heteroatoms. The molecule has 0 fully saturated rings. The van der Waals surface area contributed by atoms with Crippen LogP contribution in [0.15, 0.2) is 27.1 Å². The van der Waals surface area contributed by atoms with Gasteiger partial charge in [-0.1, -0.05) is 15.9 Å². The van der Waals surface area contributed by atoms with Crippen LogP contribution in [0.3, 0.4) is 0 Å². The fourth-order valence-electron chi connectivity index (χ4n) is 1.27. The maximum absolute atomic E-state index is 12.2. The van der Waals surface area contributed by atoms with Crippen LogP contribution in [-0.4, -0.2) is 16.8 Å². The maximum atomic E-state index is 12.2. The van der Waals surface area contributed by atoms with E-state index in [1.165, 1.54) is 6.07 Å². The molecular formula is C10H7BrF2N2O2. The zero-order chi connectivity index (χ0) is 12.4. The third kappa shape index (κ3) is 2.79. The third-order valence-electron chi connectivity index (χ3n) is 1.91. The Kier molecular flexibility index (Phi) is 3.37. The minimum Gasteiger partial charge on any atom is -0.434 e. The molecule has 17 heavy (non-hydrogen) atoms. The number of benzene rings is 1. The third-order valence-corrected chi connectivity index (χ3v) is 2.41. The van der Waals surface area contributed by atoms with Crippen LogP contribution in [0.4, 0.5) is 8.78 Å². The van der Waals surface area contributed by atoms with E-state index in [4.69, 9.17) is 4.42 Å². The van der Waals surface area contributed by atoms with E-state index < -0.39 is 6.61 Å². The van der Waals surface area contributed by atoms with E-state index in [0.29, 0.717) is 15.9 Å². The molecule has 0 aliphatic carbocycles. The first kappa shape index (κ1) is 12.0. The molecule has 1 aromatic carbocycles. The molecule has 0 aliphatic rings. The van der Waals surface area contributed by atoms with Crippen molar-refractivity contribution in [3.8, 4) is 17.2 Å². The van der Waals surface area contributed by atoms with Gasteiger partial charge in [0.2, 0.25) is 5.89 Å². The molecule has 0 saturated carbocycles. The number of aromatic nitrogens is 2. The molecule has 1 aromatic heterocycles. The molecule has 0 aliphatic heterocycles. The second-order valence-corrected chi connectivity index (χ2v) is 4.06. The van der Waals surface area contributed by atoms with E-state index in [2.05, 4.69) is 30.9 Å². The highest BCUT2D eigenvalue weighted by molar-refractivity contribution is 9.10. The summed E-state index contributed by atoms with van der Waals surface area (Å²) in [6.45, 7) is -1.29. The highest BCUT2D eigenvalue weighted by atomic mass is 79.9. The Morgan fingerprint density at radius 2 is 2.12 bits per heavy atom.